The highest BCUT2D eigenvalue weighted by Crippen LogP contribution is 2.30. The number of aliphatic hydroxyl groups is 1. The molecule has 102 valence electrons. The molecule has 0 saturated heterocycles. The fraction of sp³-hybridized carbons (Fsp3) is 1.00. The van der Waals surface area contributed by atoms with Crippen LogP contribution in [0.3, 0.4) is 0 Å². The normalized spacial score (nSPS) is 31.1. The largest absolute Gasteiger partial charge is 0.390 e. The van der Waals surface area contributed by atoms with Crippen LogP contribution in [0.2, 0.25) is 0 Å². The number of aliphatic hydroxyl groups excluding tert-OH is 1. The maximum Gasteiger partial charge on any atom is 0.0791 e. The third kappa shape index (κ3) is 4.57. The first-order valence-electron chi connectivity index (χ1n) is 7.22. The zero-order valence-electron chi connectivity index (χ0n) is 11.9. The summed E-state index contributed by atoms with van der Waals surface area (Å²) in [7, 11) is 0. The SMILES string of the molecule is CCN(CC)CC(O)CNC1CCC(C)C1C. The third-order valence-corrected chi connectivity index (χ3v) is 4.44. The van der Waals surface area contributed by atoms with Crippen molar-refractivity contribution in [2.45, 2.75) is 52.7 Å². The topological polar surface area (TPSA) is 35.5 Å². The molecular weight excluding hydrogens is 212 g/mol. The lowest BCUT2D eigenvalue weighted by Gasteiger charge is -2.25. The van der Waals surface area contributed by atoms with Gasteiger partial charge in [0, 0.05) is 19.1 Å². The lowest BCUT2D eigenvalue weighted by Crippen LogP contribution is -2.42. The van der Waals surface area contributed by atoms with Gasteiger partial charge in [0.05, 0.1) is 6.10 Å². The van der Waals surface area contributed by atoms with E-state index in [1.807, 2.05) is 0 Å². The van der Waals surface area contributed by atoms with Crippen LogP contribution in [0.25, 0.3) is 0 Å². The molecule has 0 amide bonds. The van der Waals surface area contributed by atoms with Crippen molar-refractivity contribution in [2.24, 2.45) is 11.8 Å². The van der Waals surface area contributed by atoms with Gasteiger partial charge in [0.25, 0.3) is 0 Å². The van der Waals surface area contributed by atoms with Crippen LogP contribution in [-0.2, 0) is 0 Å². The molecule has 4 unspecified atom stereocenters. The van der Waals surface area contributed by atoms with Crippen molar-refractivity contribution in [1.82, 2.24) is 10.2 Å². The monoisotopic (exact) mass is 242 g/mol. The molecule has 1 rings (SSSR count). The van der Waals surface area contributed by atoms with Crippen molar-refractivity contribution < 1.29 is 5.11 Å². The van der Waals surface area contributed by atoms with Crippen molar-refractivity contribution >= 4 is 0 Å². The number of hydrogen-bond donors (Lipinski definition) is 2. The molecule has 1 aliphatic carbocycles. The van der Waals surface area contributed by atoms with E-state index in [2.05, 4.69) is 37.9 Å². The zero-order chi connectivity index (χ0) is 12.8. The Labute approximate surface area is 107 Å². The minimum absolute atomic E-state index is 0.238. The van der Waals surface area contributed by atoms with Gasteiger partial charge in [-0.25, -0.2) is 0 Å². The molecule has 0 aliphatic heterocycles. The highest BCUT2D eigenvalue weighted by molar-refractivity contribution is 4.85. The molecule has 0 heterocycles. The summed E-state index contributed by atoms with van der Waals surface area (Å²) in [6, 6.07) is 0.608. The second-order valence-corrected chi connectivity index (χ2v) is 5.57. The fourth-order valence-corrected chi connectivity index (χ4v) is 2.78. The highest BCUT2D eigenvalue weighted by atomic mass is 16.3. The minimum atomic E-state index is -0.238. The van der Waals surface area contributed by atoms with Crippen LogP contribution in [-0.4, -0.2) is 48.3 Å². The van der Waals surface area contributed by atoms with Gasteiger partial charge in [0.15, 0.2) is 0 Å². The number of nitrogens with one attached hydrogen (secondary N) is 1. The van der Waals surface area contributed by atoms with Gasteiger partial charge >= 0.3 is 0 Å². The minimum Gasteiger partial charge on any atom is -0.390 e. The average molecular weight is 242 g/mol. The Morgan fingerprint density at radius 3 is 2.35 bits per heavy atom. The summed E-state index contributed by atoms with van der Waals surface area (Å²) in [5.41, 5.74) is 0. The number of rotatable bonds is 7. The molecule has 0 aromatic heterocycles. The van der Waals surface area contributed by atoms with Crippen molar-refractivity contribution in [2.75, 3.05) is 26.2 Å². The summed E-state index contributed by atoms with van der Waals surface area (Å²) < 4.78 is 0. The van der Waals surface area contributed by atoms with E-state index >= 15 is 0 Å². The Kier molecular flexibility index (Phi) is 6.45. The molecule has 17 heavy (non-hydrogen) atoms. The van der Waals surface area contributed by atoms with Gasteiger partial charge in [-0.3, -0.25) is 0 Å². The summed E-state index contributed by atoms with van der Waals surface area (Å²) in [5, 5.41) is 13.5. The lowest BCUT2D eigenvalue weighted by molar-refractivity contribution is 0.112. The first-order chi connectivity index (χ1) is 8.08. The second-order valence-electron chi connectivity index (χ2n) is 5.57. The number of nitrogens with zero attached hydrogens (tertiary/aromatic N) is 1. The van der Waals surface area contributed by atoms with Gasteiger partial charge in [0.1, 0.15) is 0 Å². The molecule has 1 saturated carbocycles. The zero-order valence-corrected chi connectivity index (χ0v) is 11.9. The standard InChI is InChI=1S/C14H30N2O/c1-5-16(6-2)10-13(17)9-15-14-8-7-11(3)12(14)4/h11-15,17H,5-10H2,1-4H3. The smallest absolute Gasteiger partial charge is 0.0791 e. The van der Waals surface area contributed by atoms with Crippen molar-refractivity contribution in [3.8, 4) is 0 Å². The maximum absolute atomic E-state index is 9.99. The first kappa shape index (κ1) is 14.9. The van der Waals surface area contributed by atoms with Crippen molar-refractivity contribution in [3.63, 3.8) is 0 Å². The van der Waals surface area contributed by atoms with E-state index in [0.717, 1.165) is 38.0 Å². The Morgan fingerprint density at radius 2 is 1.88 bits per heavy atom. The van der Waals surface area contributed by atoms with E-state index in [-0.39, 0.29) is 6.10 Å². The molecule has 1 aliphatic rings. The quantitative estimate of drug-likeness (QED) is 0.713. The molecule has 0 radical (unpaired) electrons. The van der Waals surface area contributed by atoms with Crippen LogP contribution in [0.5, 0.6) is 0 Å². The van der Waals surface area contributed by atoms with Gasteiger partial charge in [0.2, 0.25) is 0 Å². The van der Waals surface area contributed by atoms with E-state index in [4.69, 9.17) is 0 Å². The van der Waals surface area contributed by atoms with Gasteiger partial charge in [-0.1, -0.05) is 27.7 Å². The van der Waals surface area contributed by atoms with E-state index < -0.39 is 0 Å². The molecule has 4 atom stereocenters. The molecular formula is C14H30N2O. The molecule has 0 aromatic rings. The summed E-state index contributed by atoms with van der Waals surface area (Å²) in [6.45, 7) is 12.5. The Bertz CT molecular complexity index is 206. The van der Waals surface area contributed by atoms with Crippen molar-refractivity contribution in [3.05, 3.63) is 0 Å². The van der Waals surface area contributed by atoms with Crippen LogP contribution in [0.15, 0.2) is 0 Å². The summed E-state index contributed by atoms with van der Waals surface area (Å²) in [5.74, 6) is 1.57. The molecule has 0 bridgehead atoms. The second kappa shape index (κ2) is 7.34. The van der Waals surface area contributed by atoms with E-state index in [0.29, 0.717) is 6.04 Å². The van der Waals surface area contributed by atoms with Crippen LogP contribution < -0.4 is 5.32 Å². The lowest BCUT2D eigenvalue weighted by atomic mass is 9.98. The molecule has 1 fully saturated rings. The molecule has 3 heteroatoms. The van der Waals surface area contributed by atoms with Gasteiger partial charge in [-0.05, 0) is 37.8 Å². The van der Waals surface area contributed by atoms with E-state index in [1.165, 1.54) is 12.8 Å². The van der Waals surface area contributed by atoms with Gasteiger partial charge in [-0.2, -0.15) is 0 Å². The third-order valence-electron chi connectivity index (χ3n) is 4.44. The van der Waals surface area contributed by atoms with Gasteiger partial charge in [-0.15, -0.1) is 0 Å². The molecule has 3 nitrogen and oxygen atoms in total. The molecule has 0 spiro atoms. The summed E-state index contributed by atoms with van der Waals surface area (Å²) >= 11 is 0. The molecule has 0 aromatic carbocycles. The van der Waals surface area contributed by atoms with Crippen molar-refractivity contribution in [1.29, 1.82) is 0 Å². The van der Waals surface area contributed by atoms with Crippen LogP contribution in [0.4, 0.5) is 0 Å². The predicted molar refractivity (Wildman–Crippen MR) is 73.1 cm³/mol. The Balaban J connectivity index is 2.21. The van der Waals surface area contributed by atoms with Crippen LogP contribution >= 0.6 is 0 Å². The van der Waals surface area contributed by atoms with Gasteiger partial charge < -0.3 is 15.3 Å². The Hall–Kier alpha value is -0.120. The van der Waals surface area contributed by atoms with Crippen LogP contribution in [0.1, 0.15) is 40.5 Å². The number of hydrogen-bond acceptors (Lipinski definition) is 3. The predicted octanol–water partition coefficient (Wildman–Crippen LogP) is 1.71. The Morgan fingerprint density at radius 1 is 1.24 bits per heavy atom. The fourth-order valence-electron chi connectivity index (χ4n) is 2.78. The average Bonchev–Trinajstić information content (AvgIpc) is 2.64. The summed E-state index contributed by atoms with van der Waals surface area (Å²) in [6.07, 6.45) is 2.35. The maximum atomic E-state index is 9.99. The first-order valence-corrected chi connectivity index (χ1v) is 7.22. The number of likely N-dealkylation sites (N-methyl/N-ethyl adjacent to an activating group) is 1. The van der Waals surface area contributed by atoms with Crippen LogP contribution in [0, 0.1) is 11.8 Å². The van der Waals surface area contributed by atoms with E-state index in [9.17, 15) is 5.11 Å². The highest BCUT2D eigenvalue weighted by Gasteiger charge is 2.29. The molecule has 2 N–H and O–H groups in total. The summed E-state index contributed by atoms with van der Waals surface area (Å²) in [4.78, 5) is 2.27. The van der Waals surface area contributed by atoms with E-state index in [1.54, 1.807) is 0 Å².